The van der Waals surface area contributed by atoms with Crippen molar-refractivity contribution < 1.29 is 14.3 Å². The first-order chi connectivity index (χ1) is 11.5. The highest BCUT2D eigenvalue weighted by molar-refractivity contribution is 7.09. The van der Waals surface area contributed by atoms with E-state index in [0.29, 0.717) is 6.42 Å². The minimum absolute atomic E-state index is 0.306. The molecule has 1 heterocycles. The smallest absolute Gasteiger partial charge is 0.306 e. The summed E-state index contributed by atoms with van der Waals surface area (Å²) in [5.41, 5.74) is 2.75. The maximum absolute atomic E-state index is 12.2. The van der Waals surface area contributed by atoms with Crippen LogP contribution in [-0.4, -0.2) is 18.0 Å². The molecule has 0 fully saturated rings. The van der Waals surface area contributed by atoms with E-state index in [1.165, 1.54) is 4.88 Å². The maximum atomic E-state index is 12.2. The quantitative estimate of drug-likeness (QED) is 0.763. The van der Waals surface area contributed by atoms with Gasteiger partial charge in [-0.05, 0) is 56.2 Å². The summed E-state index contributed by atoms with van der Waals surface area (Å²) < 4.78 is 5.24. The van der Waals surface area contributed by atoms with Crippen LogP contribution in [0.3, 0.4) is 0 Å². The second-order valence-corrected chi connectivity index (χ2v) is 6.85. The number of thiophene rings is 1. The second kappa shape index (κ2) is 8.64. The van der Waals surface area contributed by atoms with E-state index in [4.69, 9.17) is 4.74 Å². The van der Waals surface area contributed by atoms with E-state index in [1.54, 1.807) is 18.3 Å². The van der Waals surface area contributed by atoms with Gasteiger partial charge in [0.1, 0.15) is 0 Å². The van der Waals surface area contributed by atoms with E-state index in [0.717, 1.165) is 29.7 Å². The lowest BCUT2D eigenvalue weighted by molar-refractivity contribution is -0.153. The van der Waals surface area contributed by atoms with Crippen LogP contribution in [0, 0.1) is 13.8 Å². The average Bonchev–Trinajstić information content (AvgIpc) is 3.04. The Bertz CT molecular complexity index is 674. The third-order valence-electron chi connectivity index (χ3n) is 3.79. The van der Waals surface area contributed by atoms with Crippen molar-refractivity contribution >= 4 is 28.9 Å². The largest absolute Gasteiger partial charge is 0.453 e. The number of esters is 1. The molecule has 0 spiro atoms. The summed E-state index contributed by atoms with van der Waals surface area (Å²) in [6, 6.07) is 9.86. The highest BCUT2D eigenvalue weighted by Gasteiger charge is 2.19. The molecule has 1 aromatic heterocycles. The number of benzene rings is 1. The van der Waals surface area contributed by atoms with Crippen molar-refractivity contribution in [3.05, 3.63) is 51.7 Å². The molecule has 24 heavy (non-hydrogen) atoms. The summed E-state index contributed by atoms with van der Waals surface area (Å²) in [7, 11) is 0. The maximum Gasteiger partial charge on any atom is 0.306 e. The van der Waals surface area contributed by atoms with Gasteiger partial charge in [0.2, 0.25) is 0 Å². The van der Waals surface area contributed by atoms with Gasteiger partial charge in [0, 0.05) is 17.0 Å². The fourth-order valence-electron chi connectivity index (χ4n) is 2.41. The number of ether oxygens (including phenoxy) is 1. The predicted molar refractivity (Wildman–Crippen MR) is 97.4 cm³/mol. The van der Waals surface area contributed by atoms with Crippen LogP contribution in [0.4, 0.5) is 5.69 Å². The van der Waals surface area contributed by atoms with Crippen LogP contribution in [0.1, 0.15) is 35.8 Å². The van der Waals surface area contributed by atoms with Gasteiger partial charge in [0.15, 0.2) is 6.10 Å². The van der Waals surface area contributed by atoms with E-state index in [2.05, 4.69) is 11.4 Å². The summed E-state index contributed by atoms with van der Waals surface area (Å²) in [5.74, 6) is -0.644. The molecule has 1 atom stereocenters. The highest BCUT2D eigenvalue weighted by Crippen LogP contribution is 2.20. The number of anilines is 1. The Balaban J connectivity index is 1.79. The molecule has 4 nitrogen and oxygen atoms in total. The number of para-hydroxylation sites is 1. The first kappa shape index (κ1) is 18.2. The molecule has 0 radical (unpaired) electrons. The van der Waals surface area contributed by atoms with Crippen LogP contribution in [0.25, 0.3) is 0 Å². The fraction of sp³-hybridized carbons (Fsp3) is 0.368. The van der Waals surface area contributed by atoms with Crippen LogP contribution in [0.15, 0.2) is 35.7 Å². The zero-order chi connectivity index (χ0) is 17.5. The minimum atomic E-state index is -0.807. The van der Waals surface area contributed by atoms with Gasteiger partial charge in [-0.15, -0.1) is 11.3 Å². The average molecular weight is 345 g/mol. The van der Waals surface area contributed by atoms with Crippen molar-refractivity contribution in [1.82, 2.24) is 0 Å². The van der Waals surface area contributed by atoms with Gasteiger partial charge in [0.05, 0.1) is 0 Å². The Morgan fingerprint density at radius 2 is 1.88 bits per heavy atom. The fourth-order valence-corrected chi connectivity index (χ4v) is 3.16. The van der Waals surface area contributed by atoms with E-state index in [-0.39, 0.29) is 11.9 Å². The molecule has 0 aliphatic heterocycles. The molecule has 0 aliphatic rings. The van der Waals surface area contributed by atoms with Crippen LogP contribution >= 0.6 is 11.3 Å². The molecule has 5 heteroatoms. The first-order valence-electron chi connectivity index (χ1n) is 8.06. The number of carbonyl (C=O) groups is 2. The number of amides is 1. The van der Waals surface area contributed by atoms with Crippen molar-refractivity contribution in [2.75, 3.05) is 5.32 Å². The van der Waals surface area contributed by atoms with Crippen LogP contribution < -0.4 is 5.32 Å². The molecule has 128 valence electrons. The molecule has 0 saturated carbocycles. The third kappa shape index (κ3) is 5.20. The van der Waals surface area contributed by atoms with E-state index in [1.807, 2.05) is 43.5 Å². The predicted octanol–water partition coefficient (Wildman–Crippen LogP) is 4.26. The van der Waals surface area contributed by atoms with Crippen LogP contribution in [0.2, 0.25) is 0 Å². The monoisotopic (exact) mass is 345 g/mol. The lowest BCUT2D eigenvalue weighted by Crippen LogP contribution is -2.30. The van der Waals surface area contributed by atoms with Crippen molar-refractivity contribution in [1.29, 1.82) is 0 Å². The number of carbonyl (C=O) groups excluding carboxylic acids is 2. The third-order valence-corrected chi connectivity index (χ3v) is 4.73. The molecular weight excluding hydrogens is 322 g/mol. The van der Waals surface area contributed by atoms with Gasteiger partial charge in [-0.25, -0.2) is 0 Å². The number of hydrogen-bond donors (Lipinski definition) is 1. The summed E-state index contributed by atoms with van der Waals surface area (Å²) in [6.07, 6.45) is 1.09. The molecule has 0 saturated heterocycles. The molecular formula is C19H23NO3S. The van der Waals surface area contributed by atoms with Gasteiger partial charge in [0.25, 0.3) is 5.91 Å². The highest BCUT2D eigenvalue weighted by atomic mass is 32.1. The topological polar surface area (TPSA) is 55.4 Å². The van der Waals surface area contributed by atoms with Crippen LogP contribution in [-0.2, 0) is 20.7 Å². The van der Waals surface area contributed by atoms with Gasteiger partial charge in [-0.2, -0.15) is 0 Å². The summed E-state index contributed by atoms with van der Waals surface area (Å²) in [5, 5.41) is 4.87. The summed E-state index contributed by atoms with van der Waals surface area (Å²) >= 11 is 1.68. The van der Waals surface area contributed by atoms with Crippen molar-refractivity contribution in [3.63, 3.8) is 0 Å². The Hall–Kier alpha value is -2.14. The molecule has 2 aromatic rings. The molecule has 0 unspecified atom stereocenters. The Morgan fingerprint density at radius 1 is 1.17 bits per heavy atom. The van der Waals surface area contributed by atoms with Gasteiger partial charge in [-0.3, -0.25) is 9.59 Å². The SMILES string of the molecule is Cc1cccc(C)c1NC(=O)[C@H](C)OC(=O)CCCc1cccs1. The summed E-state index contributed by atoms with van der Waals surface area (Å²) in [4.78, 5) is 25.4. The molecule has 0 aliphatic carbocycles. The first-order valence-corrected chi connectivity index (χ1v) is 8.94. The normalized spacial score (nSPS) is 11.8. The number of hydrogen-bond acceptors (Lipinski definition) is 4. The molecule has 0 bridgehead atoms. The molecule has 2 rings (SSSR count). The summed E-state index contributed by atoms with van der Waals surface area (Å²) in [6.45, 7) is 5.47. The minimum Gasteiger partial charge on any atom is -0.453 e. The molecule has 1 amide bonds. The number of rotatable bonds is 7. The number of aryl methyl sites for hydroxylation is 3. The van der Waals surface area contributed by atoms with Gasteiger partial charge in [-0.1, -0.05) is 24.3 Å². The van der Waals surface area contributed by atoms with E-state index in [9.17, 15) is 9.59 Å². The van der Waals surface area contributed by atoms with E-state index >= 15 is 0 Å². The van der Waals surface area contributed by atoms with E-state index < -0.39 is 6.10 Å². The van der Waals surface area contributed by atoms with Crippen molar-refractivity contribution in [3.8, 4) is 0 Å². The zero-order valence-corrected chi connectivity index (χ0v) is 15.1. The lowest BCUT2D eigenvalue weighted by atomic mass is 10.1. The van der Waals surface area contributed by atoms with Crippen LogP contribution in [0.5, 0.6) is 0 Å². The second-order valence-electron chi connectivity index (χ2n) is 5.82. The molecule has 1 aromatic carbocycles. The lowest BCUT2D eigenvalue weighted by Gasteiger charge is -2.16. The Kier molecular flexibility index (Phi) is 6.55. The Labute approximate surface area is 146 Å². The standard InChI is InChI=1S/C19H23NO3S/c1-13-7-4-8-14(2)18(13)20-19(22)15(3)23-17(21)11-5-9-16-10-6-12-24-16/h4,6-8,10,12,15H,5,9,11H2,1-3H3,(H,20,22)/t15-/m0/s1. The zero-order valence-electron chi connectivity index (χ0n) is 14.3. The van der Waals surface area contributed by atoms with Gasteiger partial charge >= 0.3 is 5.97 Å². The Morgan fingerprint density at radius 3 is 2.50 bits per heavy atom. The van der Waals surface area contributed by atoms with Crippen molar-refractivity contribution in [2.24, 2.45) is 0 Å². The van der Waals surface area contributed by atoms with Gasteiger partial charge < -0.3 is 10.1 Å². The number of nitrogens with one attached hydrogen (secondary N) is 1. The van der Waals surface area contributed by atoms with Crippen molar-refractivity contribution in [2.45, 2.75) is 46.1 Å². The molecule has 1 N–H and O–H groups in total.